The Bertz CT molecular complexity index is 1520. The summed E-state index contributed by atoms with van der Waals surface area (Å²) in [7, 11) is 2.81. The summed E-state index contributed by atoms with van der Waals surface area (Å²) in [5.41, 5.74) is -0.856. The molecule has 2 amide bonds. The van der Waals surface area contributed by atoms with E-state index in [1.165, 1.54) is 38.5 Å². The maximum Gasteiger partial charge on any atom is 0.286 e. The van der Waals surface area contributed by atoms with Gasteiger partial charge in [0.2, 0.25) is 0 Å². The Morgan fingerprint density at radius 3 is 1.35 bits per heavy atom. The van der Waals surface area contributed by atoms with Gasteiger partial charge in [-0.05, 0) is 48.7 Å². The third-order valence-corrected chi connectivity index (χ3v) is 14.8. The van der Waals surface area contributed by atoms with E-state index in [0.717, 1.165) is 48.7 Å². The van der Waals surface area contributed by atoms with Gasteiger partial charge in [-0.2, -0.15) is 0 Å². The second kappa shape index (κ2) is 21.9. The minimum Gasteiger partial charge on any atom is -0.493 e. The molecule has 18 heteroatoms. The minimum absolute atomic E-state index is 0.0367. The first-order chi connectivity index (χ1) is 26.5. The van der Waals surface area contributed by atoms with Gasteiger partial charge in [0.05, 0.1) is 70.7 Å². The predicted octanol–water partition coefficient (Wildman–Crippen LogP) is 8.24. The zero-order valence-electron chi connectivity index (χ0n) is 32.3. The molecule has 0 aromatic heterocycles. The second-order valence-electron chi connectivity index (χ2n) is 12.6. The lowest BCUT2D eigenvalue weighted by Crippen LogP contribution is -2.41. The van der Waals surface area contributed by atoms with E-state index in [0.29, 0.717) is 13.1 Å². The van der Waals surface area contributed by atoms with Crippen LogP contribution in [0, 0.1) is 20.2 Å². The first-order valence-corrected chi connectivity index (χ1v) is 22.8. The molecule has 0 spiro atoms. The number of rotatable bonds is 22. The standard InChI is InChI=1S/C37H52N4O10S4/c1-7-52-36(53-8-2)26-14-11-16-38(26)34(42)24-20-30(48-5)32(22-28(24)40(44)45)50-18-13-19-51-33-23-29(41(46)47)25(21-31(33)49-6)35(43)39-17-12-15-27(39)37(54-9-3)55-10-4/h20-23,26-27,36-37H,7-19H2,1-6H3/t26-,27-/m0/s1. The quantitative estimate of drug-likeness (QED) is 0.0482. The van der Waals surface area contributed by atoms with Crippen LogP contribution in [0.5, 0.6) is 23.0 Å². The summed E-state index contributed by atoms with van der Waals surface area (Å²) in [5, 5.41) is 24.5. The summed E-state index contributed by atoms with van der Waals surface area (Å²) in [6.45, 7) is 9.46. The lowest BCUT2D eigenvalue weighted by atomic mass is 10.1. The number of ether oxygens (including phenoxy) is 4. The smallest absolute Gasteiger partial charge is 0.286 e. The molecule has 14 nitrogen and oxygen atoms in total. The third kappa shape index (κ3) is 11.0. The summed E-state index contributed by atoms with van der Waals surface area (Å²) < 4.78 is 23.2. The number of nitro benzene ring substituents is 2. The Morgan fingerprint density at radius 1 is 0.673 bits per heavy atom. The van der Waals surface area contributed by atoms with E-state index in [9.17, 15) is 29.8 Å². The van der Waals surface area contributed by atoms with Crippen molar-refractivity contribution >= 4 is 70.2 Å². The first-order valence-electron chi connectivity index (χ1n) is 18.6. The van der Waals surface area contributed by atoms with E-state index in [4.69, 9.17) is 18.9 Å². The molecule has 55 heavy (non-hydrogen) atoms. The fourth-order valence-corrected chi connectivity index (χ4v) is 12.6. The number of likely N-dealkylation sites (tertiary alicyclic amines) is 2. The van der Waals surface area contributed by atoms with Crippen molar-refractivity contribution in [2.24, 2.45) is 0 Å². The van der Waals surface area contributed by atoms with Gasteiger partial charge in [0, 0.05) is 31.6 Å². The van der Waals surface area contributed by atoms with Crippen molar-refractivity contribution in [1.29, 1.82) is 0 Å². The van der Waals surface area contributed by atoms with E-state index < -0.39 is 21.7 Å². The van der Waals surface area contributed by atoms with Gasteiger partial charge in [-0.25, -0.2) is 0 Å². The van der Waals surface area contributed by atoms with Gasteiger partial charge in [-0.1, -0.05) is 27.7 Å². The van der Waals surface area contributed by atoms with Crippen molar-refractivity contribution in [3.63, 3.8) is 0 Å². The van der Waals surface area contributed by atoms with Crippen molar-refractivity contribution in [1.82, 2.24) is 9.80 Å². The number of amides is 2. The molecule has 2 aromatic carbocycles. The van der Waals surface area contributed by atoms with E-state index in [1.54, 1.807) is 56.8 Å². The molecule has 2 saturated heterocycles. The van der Waals surface area contributed by atoms with E-state index >= 15 is 0 Å². The van der Waals surface area contributed by atoms with Gasteiger partial charge in [0.1, 0.15) is 11.1 Å². The third-order valence-electron chi connectivity index (χ3n) is 9.29. The van der Waals surface area contributed by atoms with Crippen LogP contribution in [0.1, 0.15) is 80.5 Å². The van der Waals surface area contributed by atoms with Gasteiger partial charge in [-0.15, -0.1) is 47.0 Å². The fraction of sp³-hybridized carbons (Fsp3) is 0.622. The lowest BCUT2D eigenvalue weighted by molar-refractivity contribution is -0.385. The molecule has 0 bridgehead atoms. The highest BCUT2D eigenvalue weighted by Gasteiger charge is 2.40. The van der Waals surface area contributed by atoms with Crippen molar-refractivity contribution in [2.45, 2.75) is 81.0 Å². The van der Waals surface area contributed by atoms with Crippen molar-refractivity contribution in [3.8, 4) is 23.0 Å². The number of carbonyl (C=O) groups excluding carboxylic acids is 2. The molecular weight excluding hydrogens is 789 g/mol. The molecule has 2 fully saturated rings. The van der Waals surface area contributed by atoms with Gasteiger partial charge in [0.15, 0.2) is 23.0 Å². The Balaban J connectivity index is 1.46. The van der Waals surface area contributed by atoms with E-state index in [1.807, 2.05) is 0 Å². The highest BCUT2D eigenvalue weighted by Crippen LogP contribution is 2.41. The highest BCUT2D eigenvalue weighted by atomic mass is 32.2. The molecule has 304 valence electrons. The molecule has 0 radical (unpaired) electrons. The van der Waals surface area contributed by atoms with Crippen LogP contribution in [0.4, 0.5) is 11.4 Å². The van der Waals surface area contributed by atoms with Gasteiger partial charge in [0.25, 0.3) is 23.2 Å². The van der Waals surface area contributed by atoms with Crippen LogP contribution >= 0.6 is 47.0 Å². The lowest BCUT2D eigenvalue weighted by Gasteiger charge is -2.31. The average Bonchev–Trinajstić information content (AvgIpc) is 3.87. The van der Waals surface area contributed by atoms with Gasteiger partial charge >= 0.3 is 0 Å². The number of hydrogen-bond acceptors (Lipinski definition) is 14. The van der Waals surface area contributed by atoms with Gasteiger partial charge in [-0.3, -0.25) is 29.8 Å². The molecule has 0 saturated carbocycles. The molecule has 2 heterocycles. The topological polar surface area (TPSA) is 164 Å². The zero-order chi connectivity index (χ0) is 40.1. The average molecular weight is 841 g/mol. The van der Waals surface area contributed by atoms with Crippen LogP contribution in [0.15, 0.2) is 24.3 Å². The molecule has 2 atom stereocenters. The largest absolute Gasteiger partial charge is 0.493 e. The number of methoxy groups -OCH3 is 2. The number of hydrogen-bond donors (Lipinski definition) is 0. The first kappa shape index (κ1) is 44.5. The molecule has 0 aliphatic carbocycles. The number of nitro groups is 2. The summed E-state index contributed by atoms with van der Waals surface area (Å²) in [5.74, 6) is 3.34. The van der Waals surface area contributed by atoms with Crippen LogP contribution < -0.4 is 18.9 Å². The van der Waals surface area contributed by atoms with Gasteiger partial charge < -0.3 is 28.7 Å². The van der Waals surface area contributed by atoms with E-state index in [-0.39, 0.29) is 86.4 Å². The summed E-state index contributed by atoms with van der Waals surface area (Å²) in [6, 6.07) is 5.11. The fourth-order valence-electron chi connectivity index (χ4n) is 6.87. The Kier molecular flexibility index (Phi) is 17.7. The van der Waals surface area contributed by atoms with E-state index in [2.05, 4.69) is 27.7 Å². The van der Waals surface area contributed by atoms with Crippen LogP contribution in [-0.2, 0) is 0 Å². The normalized spacial score (nSPS) is 16.9. The zero-order valence-corrected chi connectivity index (χ0v) is 35.6. The highest BCUT2D eigenvalue weighted by molar-refractivity contribution is 8.17. The monoisotopic (exact) mass is 840 g/mol. The van der Waals surface area contributed by atoms with Crippen molar-refractivity contribution in [2.75, 3.05) is 63.5 Å². The Hall–Kier alpha value is -3.22. The maximum atomic E-state index is 13.9. The molecule has 2 aromatic rings. The summed E-state index contributed by atoms with van der Waals surface area (Å²) in [6.07, 6.45) is 3.60. The number of nitrogens with zero attached hydrogens (tertiary/aromatic N) is 4. The SMILES string of the molecule is CCSC(SCC)[C@@H]1CCCN1C(=O)c1cc(OC)c(OCCCOc2cc([N+](=O)[O-])c(C(=O)N3CCC[C@H]3C(SCC)SCC)cc2OC)cc1[N+](=O)[O-]. The predicted molar refractivity (Wildman–Crippen MR) is 223 cm³/mol. The number of thioether (sulfide) groups is 4. The Labute approximate surface area is 340 Å². The van der Waals surface area contributed by atoms with Crippen LogP contribution in [0.2, 0.25) is 0 Å². The minimum atomic E-state index is -0.586. The molecule has 2 aliphatic heterocycles. The van der Waals surface area contributed by atoms with Crippen LogP contribution in [0.3, 0.4) is 0 Å². The molecular formula is C37H52N4O10S4. The number of carbonyl (C=O) groups is 2. The summed E-state index contributed by atoms with van der Waals surface area (Å²) >= 11 is 7.15. The summed E-state index contributed by atoms with van der Waals surface area (Å²) in [4.78, 5) is 54.6. The molecule has 0 unspecified atom stereocenters. The van der Waals surface area contributed by atoms with Crippen LogP contribution in [0.25, 0.3) is 0 Å². The van der Waals surface area contributed by atoms with Crippen molar-refractivity contribution < 1.29 is 38.4 Å². The molecule has 2 aliphatic rings. The second-order valence-corrected chi connectivity index (χ2v) is 18.9. The number of benzene rings is 2. The maximum absolute atomic E-state index is 13.9. The Morgan fingerprint density at radius 2 is 1.04 bits per heavy atom. The molecule has 4 rings (SSSR count). The van der Waals surface area contributed by atoms with Crippen LogP contribution in [-0.4, -0.2) is 116 Å². The molecule has 0 N–H and O–H groups in total. The van der Waals surface area contributed by atoms with Crippen molar-refractivity contribution in [3.05, 3.63) is 55.6 Å².